The minimum absolute atomic E-state index is 0.0891. The van der Waals surface area contributed by atoms with Crippen LogP contribution >= 0.6 is 0 Å². The minimum Gasteiger partial charge on any atom is -0.441 e. The van der Waals surface area contributed by atoms with Gasteiger partial charge in [-0.1, -0.05) is 35.4 Å². The number of likely N-dealkylation sites (N-methyl/N-ethyl adjacent to an activating group) is 1. The van der Waals surface area contributed by atoms with E-state index in [4.69, 9.17) is 30.2 Å². The second-order valence-corrected chi connectivity index (χ2v) is 9.24. The van der Waals surface area contributed by atoms with Gasteiger partial charge in [-0.3, -0.25) is 0 Å². The molecule has 1 aliphatic carbocycles. The fourth-order valence-electron chi connectivity index (χ4n) is 5.13. The van der Waals surface area contributed by atoms with E-state index in [1.165, 1.54) is 10.5 Å². The van der Waals surface area contributed by atoms with Crippen LogP contribution in [0, 0.1) is 0 Å². The van der Waals surface area contributed by atoms with Gasteiger partial charge in [0, 0.05) is 31.7 Å². The minimum atomic E-state index is -0.710. The fourth-order valence-corrected chi connectivity index (χ4v) is 5.13. The van der Waals surface area contributed by atoms with Crippen molar-refractivity contribution in [1.82, 2.24) is 10.2 Å². The highest BCUT2D eigenvalue weighted by molar-refractivity contribution is 5.70. The Kier molecular flexibility index (Phi) is 7.92. The summed E-state index contributed by atoms with van der Waals surface area (Å²) in [4.78, 5) is 16.8. The molecule has 1 saturated carbocycles. The van der Waals surface area contributed by atoms with Crippen LogP contribution in [-0.2, 0) is 18.9 Å². The monoisotopic (exact) mass is 474 g/mol. The molecule has 2 heterocycles. The number of nitrogens with one attached hydrogen (secondary N) is 1. The summed E-state index contributed by atoms with van der Waals surface area (Å²) < 4.78 is 23.8. The number of azide groups is 1. The standard InChI is InChI=1S/C23H34N6O5/c1-13(14-7-5-4-6-8-14)26-12-15-9-10-16(24)22(32-15)33-20-17(27-28-25)11-18(31-3)19-21(20)34-23(30)29(19)2/h4-8,13,15-22,26H,9-12,24H2,1-3H3/t13-,15+,16-,17+,18+,19-,20-,21-,22-/m1/s1. The van der Waals surface area contributed by atoms with E-state index in [2.05, 4.69) is 34.4 Å². The summed E-state index contributed by atoms with van der Waals surface area (Å²) in [6.07, 6.45) is -1.01. The predicted molar refractivity (Wildman–Crippen MR) is 124 cm³/mol. The van der Waals surface area contributed by atoms with Crippen LogP contribution in [0.5, 0.6) is 0 Å². The topological polar surface area (TPSA) is 144 Å². The molecule has 11 heteroatoms. The Morgan fingerprint density at radius 2 is 2.12 bits per heavy atom. The normalized spacial score (nSPS) is 36.4. The number of nitrogens with zero attached hydrogens (tertiary/aromatic N) is 4. The van der Waals surface area contributed by atoms with Crippen LogP contribution < -0.4 is 11.1 Å². The number of rotatable bonds is 8. The lowest BCUT2D eigenvalue weighted by atomic mass is 9.83. The number of carbonyl (C=O) groups excluding carboxylic acids is 1. The number of amides is 1. The van der Waals surface area contributed by atoms with E-state index in [-0.39, 0.29) is 30.3 Å². The summed E-state index contributed by atoms with van der Waals surface area (Å²) >= 11 is 0. The molecule has 0 unspecified atom stereocenters. The Morgan fingerprint density at radius 1 is 1.35 bits per heavy atom. The number of benzene rings is 1. The van der Waals surface area contributed by atoms with Crippen molar-refractivity contribution in [2.75, 3.05) is 20.7 Å². The van der Waals surface area contributed by atoms with Gasteiger partial charge in [0.15, 0.2) is 12.4 Å². The second kappa shape index (κ2) is 10.9. The van der Waals surface area contributed by atoms with Gasteiger partial charge in [0.1, 0.15) is 12.1 Å². The average Bonchev–Trinajstić information content (AvgIpc) is 3.15. The van der Waals surface area contributed by atoms with Crippen molar-refractivity contribution < 1.29 is 23.7 Å². The lowest BCUT2D eigenvalue weighted by Gasteiger charge is -2.44. The largest absolute Gasteiger partial charge is 0.441 e. The van der Waals surface area contributed by atoms with Crippen LogP contribution in [0.25, 0.3) is 10.4 Å². The highest BCUT2D eigenvalue weighted by Crippen LogP contribution is 2.37. The quantitative estimate of drug-likeness (QED) is 0.334. The van der Waals surface area contributed by atoms with Gasteiger partial charge in [-0.25, -0.2) is 4.79 Å². The van der Waals surface area contributed by atoms with Crippen molar-refractivity contribution in [3.63, 3.8) is 0 Å². The second-order valence-electron chi connectivity index (χ2n) is 9.24. The Labute approximate surface area is 199 Å². The molecule has 1 aromatic rings. The third kappa shape index (κ3) is 5.14. The Bertz CT molecular complexity index is 884. The van der Waals surface area contributed by atoms with Crippen LogP contribution in [0.1, 0.15) is 37.8 Å². The average molecular weight is 475 g/mol. The number of ether oxygens (including phenoxy) is 4. The smallest absolute Gasteiger partial charge is 0.410 e. The van der Waals surface area contributed by atoms with Gasteiger partial charge in [-0.15, -0.1) is 0 Å². The van der Waals surface area contributed by atoms with E-state index in [9.17, 15) is 4.79 Å². The lowest BCUT2D eigenvalue weighted by molar-refractivity contribution is -0.246. The molecule has 0 bridgehead atoms. The summed E-state index contributed by atoms with van der Waals surface area (Å²) in [7, 11) is 3.24. The van der Waals surface area contributed by atoms with Gasteiger partial charge in [0.2, 0.25) is 0 Å². The van der Waals surface area contributed by atoms with Crippen molar-refractivity contribution in [3.8, 4) is 0 Å². The first kappa shape index (κ1) is 24.7. The summed E-state index contributed by atoms with van der Waals surface area (Å²) in [5.74, 6) is 0. The van der Waals surface area contributed by atoms with E-state index in [1.807, 2.05) is 18.2 Å². The van der Waals surface area contributed by atoms with Crippen LogP contribution in [-0.4, -0.2) is 80.5 Å². The molecule has 0 radical (unpaired) electrons. The Morgan fingerprint density at radius 3 is 2.82 bits per heavy atom. The molecule has 9 atom stereocenters. The van der Waals surface area contributed by atoms with Crippen molar-refractivity contribution in [2.45, 2.75) is 81.1 Å². The third-order valence-electron chi connectivity index (χ3n) is 7.11. The van der Waals surface area contributed by atoms with E-state index in [0.29, 0.717) is 13.0 Å². The highest BCUT2D eigenvalue weighted by atomic mass is 16.7. The molecule has 3 N–H and O–H groups in total. The highest BCUT2D eigenvalue weighted by Gasteiger charge is 2.56. The van der Waals surface area contributed by atoms with E-state index >= 15 is 0 Å². The van der Waals surface area contributed by atoms with Crippen LogP contribution in [0.15, 0.2) is 35.4 Å². The molecule has 0 aromatic heterocycles. The summed E-state index contributed by atoms with van der Waals surface area (Å²) in [5, 5.41) is 7.45. The van der Waals surface area contributed by atoms with E-state index < -0.39 is 30.6 Å². The van der Waals surface area contributed by atoms with Gasteiger partial charge in [-0.05, 0) is 37.3 Å². The molecule has 0 spiro atoms. The molecule has 34 heavy (non-hydrogen) atoms. The van der Waals surface area contributed by atoms with Gasteiger partial charge in [0.25, 0.3) is 0 Å². The van der Waals surface area contributed by atoms with Crippen molar-refractivity contribution in [1.29, 1.82) is 0 Å². The van der Waals surface area contributed by atoms with Gasteiger partial charge >= 0.3 is 6.09 Å². The SMILES string of the molecule is CO[C@H]1C[C@H](N=[N+]=[N-])[C@@H](O[C@H]2O[C@H](CN[C@H](C)c3ccccc3)CC[C@H]2N)[C@@H]2OC(=O)N(C)[C@@H]21. The van der Waals surface area contributed by atoms with Gasteiger partial charge in [0.05, 0.1) is 24.3 Å². The Balaban J connectivity index is 1.43. The molecular weight excluding hydrogens is 440 g/mol. The summed E-state index contributed by atoms with van der Waals surface area (Å²) in [6, 6.07) is 9.11. The number of fused-ring (bicyclic) bond motifs is 1. The number of methoxy groups -OCH3 is 1. The molecule has 3 aliphatic rings. The van der Waals surface area contributed by atoms with Crippen molar-refractivity contribution >= 4 is 6.09 Å². The Hall–Kier alpha value is -2.40. The maximum atomic E-state index is 12.3. The number of hydrogen-bond donors (Lipinski definition) is 2. The molecular formula is C23H34N6O5. The molecule has 2 aliphatic heterocycles. The maximum absolute atomic E-state index is 12.3. The zero-order chi connectivity index (χ0) is 24.2. The van der Waals surface area contributed by atoms with Crippen molar-refractivity contribution in [3.05, 3.63) is 46.3 Å². The molecule has 1 aromatic carbocycles. The van der Waals surface area contributed by atoms with E-state index in [1.54, 1.807) is 14.2 Å². The van der Waals surface area contributed by atoms with Crippen molar-refractivity contribution in [2.24, 2.45) is 10.8 Å². The predicted octanol–water partition coefficient (Wildman–Crippen LogP) is 2.47. The van der Waals surface area contributed by atoms with Gasteiger partial charge < -0.3 is 34.9 Å². The molecule has 2 saturated heterocycles. The van der Waals surface area contributed by atoms with Crippen LogP contribution in [0.4, 0.5) is 4.79 Å². The molecule has 3 fully saturated rings. The summed E-state index contributed by atoms with van der Waals surface area (Å²) in [6.45, 7) is 2.75. The lowest BCUT2D eigenvalue weighted by Crippen LogP contribution is -2.60. The zero-order valence-electron chi connectivity index (χ0n) is 19.8. The first-order valence-electron chi connectivity index (χ1n) is 11.8. The first-order chi connectivity index (χ1) is 16.4. The third-order valence-corrected chi connectivity index (χ3v) is 7.11. The molecule has 11 nitrogen and oxygen atoms in total. The number of nitrogens with two attached hydrogens (primary N) is 1. The first-order valence-corrected chi connectivity index (χ1v) is 11.8. The molecule has 1 amide bonds. The van der Waals surface area contributed by atoms with Gasteiger partial charge in [-0.2, -0.15) is 0 Å². The zero-order valence-corrected chi connectivity index (χ0v) is 19.8. The number of hydrogen-bond acceptors (Lipinski definition) is 8. The summed E-state index contributed by atoms with van der Waals surface area (Å²) in [5.41, 5.74) is 16.7. The van der Waals surface area contributed by atoms with Crippen LogP contribution in [0.2, 0.25) is 0 Å². The molecule has 186 valence electrons. The number of carbonyl (C=O) groups is 1. The van der Waals surface area contributed by atoms with E-state index in [0.717, 1.165) is 12.8 Å². The van der Waals surface area contributed by atoms with Crippen LogP contribution in [0.3, 0.4) is 0 Å². The fraction of sp³-hybridized carbons (Fsp3) is 0.696. The molecule has 4 rings (SSSR count). The maximum Gasteiger partial charge on any atom is 0.410 e.